The van der Waals surface area contributed by atoms with Gasteiger partial charge in [0.25, 0.3) is 0 Å². The van der Waals surface area contributed by atoms with E-state index < -0.39 is 6.00 Å². The SMILES string of the molecule is CCCN(C)P(=O)(Cl)Cl. The van der Waals surface area contributed by atoms with Crippen LogP contribution in [0.3, 0.4) is 0 Å². The Morgan fingerprint density at radius 1 is 1.56 bits per heavy atom. The second kappa shape index (κ2) is 3.82. The Morgan fingerprint density at radius 2 is 2.00 bits per heavy atom. The van der Waals surface area contributed by atoms with Crippen LogP contribution < -0.4 is 0 Å². The van der Waals surface area contributed by atoms with E-state index in [2.05, 4.69) is 0 Å². The molecule has 0 fully saturated rings. The molecule has 0 atom stereocenters. The Balaban J connectivity index is 3.74. The van der Waals surface area contributed by atoms with Crippen LogP contribution in [0.1, 0.15) is 13.3 Å². The summed E-state index contributed by atoms with van der Waals surface area (Å²) in [5.74, 6) is -3.00. The van der Waals surface area contributed by atoms with Crippen molar-refractivity contribution in [3.05, 3.63) is 0 Å². The average molecular weight is 190 g/mol. The first kappa shape index (κ1) is 9.77. The average Bonchev–Trinajstić information content (AvgIpc) is 1.64. The van der Waals surface area contributed by atoms with Crippen LogP contribution in [0.5, 0.6) is 0 Å². The summed E-state index contributed by atoms with van der Waals surface area (Å²) in [6.07, 6.45) is 0.903. The highest BCUT2D eigenvalue weighted by molar-refractivity contribution is 8.06. The van der Waals surface area contributed by atoms with Crippen molar-refractivity contribution in [2.24, 2.45) is 0 Å². The molecule has 56 valence electrons. The molecule has 0 saturated carbocycles. The van der Waals surface area contributed by atoms with Gasteiger partial charge in [0.1, 0.15) is 0 Å². The Bertz CT molecular complexity index is 124. The van der Waals surface area contributed by atoms with E-state index in [0.29, 0.717) is 6.54 Å². The molecule has 0 rings (SSSR count). The maximum absolute atomic E-state index is 10.8. The smallest absolute Gasteiger partial charge is 0.271 e. The van der Waals surface area contributed by atoms with E-state index in [4.69, 9.17) is 22.5 Å². The molecule has 0 spiro atoms. The molecule has 0 unspecified atom stereocenters. The molecule has 0 aliphatic rings. The molecular weight excluding hydrogens is 180 g/mol. The topological polar surface area (TPSA) is 20.3 Å². The van der Waals surface area contributed by atoms with Crippen molar-refractivity contribution in [1.29, 1.82) is 0 Å². The molecule has 0 aromatic heterocycles. The largest absolute Gasteiger partial charge is 0.321 e. The number of hydrogen-bond donors (Lipinski definition) is 0. The lowest BCUT2D eigenvalue weighted by Crippen LogP contribution is -2.10. The van der Waals surface area contributed by atoms with Crippen LogP contribution in [-0.4, -0.2) is 18.3 Å². The fraction of sp³-hybridized carbons (Fsp3) is 1.00. The number of nitrogens with zero attached hydrogens (tertiary/aromatic N) is 1. The monoisotopic (exact) mass is 189 g/mol. The maximum atomic E-state index is 10.8. The lowest BCUT2D eigenvalue weighted by molar-refractivity contribution is 0.490. The summed E-state index contributed by atoms with van der Waals surface area (Å²) in [4.78, 5) is 0. The molecule has 0 radical (unpaired) electrons. The first-order valence-corrected chi connectivity index (χ1v) is 6.16. The standard InChI is InChI=1S/C4H10Cl2NOP/c1-3-4-7(2)9(5,6)8/h3-4H2,1-2H3. The quantitative estimate of drug-likeness (QED) is 0.637. The van der Waals surface area contributed by atoms with Crippen molar-refractivity contribution in [1.82, 2.24) is 4.67 Å². The predicted octanol–water partition coefficient (Wildman–Crippen LogP) is 2.91. The van der Waals surface area contributed by atoms with E-state index in [9.17, 15) is 4.57 Å². The highest BCUT2D eigenvalue weighted by Crippen LogP contribution is 2.58. The van der Waals surface area contributed by atoms with E-state index in [-0.39, 0.29) is 0 Å². The normalized spacial score (nSPS) is 12.6. The van der Waals surface area contributed by atoms with Crippen molar-refractivity contribution in [3.8, 4) is 0 Å². The third-order valence-electron chi connectivity index (χ3n) is 0.945. The lowest BCUT2D eigenvalue weighted by atomic mass is 10.5. The number of hydrogen-bond acceptors (Lipinski definition) is 1. The van der Waals surface area contributed by atoms with E-state index in [1.807, 2.05) is 6.92 Å². The van der Waals surface area contributed by atoms with Crippen molar-refractivity contribution >= 4 is 28.5 Å². The summed E-state index contributed by atoms with van der Waals surface area (Å²) >= 11 is 10.6. The van der Waals surface area contributed by atoms with Gasteiger partial charge in [-0.2, -0.15) is 0 Å². The van der Waals surface area contributed by atoms with Crippen LogP contribution in [0.15, 0.2) is 0 Å². The van der Waals surface area contributed by atoms with Gasteiger partial charge in [0, 0.05) is 6.54 Å². The summed E-state index contributed by atoms with van der Waals surface area (Å²) in [5, 5.41) is 0. The van der Waals surface area contributed by atoms with Gasteiger partial charge in [-0.25, -0.2) is 4.67 Å². The number of rotatable bonds is 3. The summed E-state index contributed by atoms with van der Waals surface area (Å²) in [7, 11) is 1.64. The Kier molecular flexibility index (Phi) is 4.15. The molecule has 0 aromatic carbocycles. The zero-order valence-electron chi connectivity index (χ0n) is 5.47. The molecule has 5 heteroatoms. The minimum Gasteiger partial charge on any atom is -0.271 e. The molecule has 9 heavy (non-hydrogen) atoms. The zero-order valence-corrected chi connectivity index (χ0v) is 7.88. The predicted molar refractivity (Wildman–Crippen MR) is 42.2 cm³/mol. The highest BCUT2D eigenvalue weighted by atomic mass is 35.9. The summed E-state index contributed by atoms with van der Waals surface area (Å²) in [6, 6.07) is 0. The lowest BCUT2D eigenvalue weighted by Gasteiger charge is -2.14. The second-order valence-corrected chi connectivity index (χ2v) is 6.64. The maximum Gasteiger partial charge on any atom is 0.321 e. The molecule has 0 N–H and O–H groups in total. The molecule has 2 nitrogen and oxygen atoms in total. The zero-order chi connectivity index (χ0) is 7.49. The summed E-state index contributed by atoms with van der Waals surface area (Å²) in [5.41, 5.74) is 0. The number of halogens is 2. The molecule has 0 aliphatic carbocycles. The fourth-order valence-corrected chi connectivity index (χ4v) is 1.33. The van der Waals surface area contributed by atoms with Crippen molar-refractivity contribution in [2.45, 2.75) is 13.3 Å². The van der Waals surface area contributed by atoms with Gasteiger partial charge in [0.2, 0.25) is 0 Å². The summed E-state index contributed by atoms with van der Waals surface area (Å²) < 4.78 is 12.2. The van der Waals surface area contributed by atoms with Crippen LogP contribution >= 0.6 is 28.5 Å². The molecule has 0 amide bonds. The van der Waals surface area contributed by atoms with E-state index in [0.717, 1.165) is 6.42 Å². The van der Waals surface area contributed by atoms with Crippen LogP contribution in [0, 0.1) is 0 Å². The van der Waals surface area contributed by atoms with Gasteiger partial charge in [0.15, 0.2) is 0 Å². The molecule has 0 heterocycles. The van der Waals surface area contributed by atoms with Gasteiger partial charge in [-0.05, 0) is 36.0 Å². The fourth-order valence-electron chi connectivity index (χ4n) is 0.440. The molecule has 0 bridgehead atoms. The van der Waals surface area contributed by atoms with Gasteiger partial charge in [-0.3, -0.25) is 4.57 Å². The van der Waals surface area contributed by atoms with Crippen LogP contribution in [-0.2, 0) is 4.57 Å². The molecule has 0 saturated heterocycles. The minimum absolute atomic E-state index is 0.671. The Labute approximate surface area is 65.1 Å². The third kappa shape index (κ3) is 4.21. The van der Waals surface area contributed by atoms with Gasteiger partial charge >= 0.3 is 6.00 Å². The molecule has 0 aromatic rings. The Hall–Kier alpha value is 0.770. The third-order valence-corrected chi connectivity index (χ3v) is 3.49. The van der Waals surface area contributed by atoms with Crippen molar-refractivity contribution in [2.75, 3.05) is 13.6 Å². The molecule has 0 aliphatic heterocycles. The second-order valence-electron chi connectivity index (χ2n) is 1.82. The van der Waals surface area contributed by atoms with Gasteiger partial charge in [-0.1, -0.05) is 6.92 Å². The van der Waals surface area contributed by atoms with E-state index in [1.165, 1.54) is 4.67 Å². The van der Waals surface area contributed by atoms with Gasteiger partial charge < -0.3 is 0 Å². The van der Waals surface area contributed by atoms with Crippen LogP contribution in [0.2, 0.25) is 0 Å². The van der Waals surface area contributed by atoms with Crippen LogP contribution in [0.25, 0.3) is 0 Å². The van der Waals surface area contributed by atoms with Crippen molar-refractivity contribution < 1.29 is 4.57 Å². The Morgan fingerprint density at radius 3 is 2.11 bits per heavy atom. The highest BCUT2D eigenvalue weighted by Gasteiger charge is 2.19. The first-order chi connectivity index (χ1) is 3.98. The summed E-state index contributed by atoms with van der Waals surface area (Å²) in [6.45, 7) is 2.64. The van der Waals surface area contributed by atoms with Crippen molar-refractivity contribution in [3.63, 3.8) is 0 Å². The first-order valence-electron chi connectivity index (χ1n) is 2.69. The molecular formula is C4H10Cl2NOP. The minimum atomic E-state index is -3.00. The van der Waals surface area contributed by atoms with Gasteiger partial charge in [0.05, 0.1) is 0 Å². The van der Waals surface area contributed by atoms with Gasteiger partial charge in [-0.15, -0.1) is 0 Å². The van der Waals surface area contributed by atoms with E-state index in [1.54, 1.807) is 7.05 Å². The van der Waals surface area contributed by atoms with Crippen LogP contribution in [0.4, 0.5) is 0 Å². The van der Waals surface area contributed by atoms with E-state index >= 15 is 0 Å².